The van der Waals surface area contributed by atoms with E-state index in [1.165, 1.54) is 83.5 Å². The summed E-state index contributed by atoms with van der Waals surface area (Å²) in [6.07, 6.45) is 26.4. The van der Waals surface area contributed by atoms with Crippen molar-refractivity contribution in [1.82, 2.24) is 0 Å². The van der Waals surface area contributed by atoms with Gasteiger partial charge in [0, 0.05) is 0 Å². The molecule has 0 aromatic heterocycles. The summed E-state index contributed by atoms with van der Waals surface area (Å²) >= 11 is 0. The van der Waals surface area contributed by atoms with Crippen molar-refractivity contribution < 1.29 is 19.1 Å². The molecule has 0 heterocycles. The van der Waals surface area contributed by atoms with Crippen LogP contribution < -0.4 is 0 Å². The molecule has 2 unspecified atom stereocenters. The maximum Gasteiger partial charge on any atom is 0.313 e. The van der Waals surface area contributed by atoms with Gasteiger partial charge in [0.15, 0.2) is 0 Å². The Bertz CT molecular complexity index is 554. The van der Waals surface area contributed by atoms with Gasteiger partial charge in [0.2, 0.25) is 0 Å². The highest BCUT2D eigenvalue weighted by molar-refractivity contribution is 5.83. The lowest BCUT2D eigenvalue weighted by atomic mass is 9.84. The van der Waals surface area contributed by atoms with E-state index in [4.69, 9.17) is 9.47 Å². The third-order valence-corrected chi connectivity index (χ3v) is 7.16. The van der Waals surface area contributed by atoms with Crippen molar-refractivity contribution >= 4 is 11.9 Å². The van der Waals surface area contributed by atoms with Crippen LogP contribution in [-0.2, 0) is 19.1 Å². The van der Waals surface area contributed by atoms with Crippen molar-refractivity contribution in [3.8, 4) is 0 Å². The van der Waals surface area contributed by atoms with E-state index in [0.717, 1.165) is 38.0 Å². The monoisotopic (exact) mass is 492 g/mol. The van der Waals surface area contributed by atoms with Crippen LogP contribution in [0.2, 0.25) is 0 Å². The number of ether oxygens (including phenoxy) is 2. The summed E-state index contributed by atoms with van der Waals surface area (Å²) in [7, 11) is 0. The average Bonchev–Trinajstić information content (AvgIpc) is 2.85. The summed E-state index contributed by atoms with van der Waals surface area (Å²) in [6, 6.07) is 0. The van der Waals surface area contributed by atoms with Crippen LogP contribution >= 0.6 is 0 Å². The topological polar surface area (TPSA) is 52.6 Å². The summed E-state index contributed by atoms with van der Waals surface area (Å²) in [5, 5.41) is 0. The fraction of sp³-hybridized carbons (Fsp3) is 0.871. The van der Waals surface area contributed by atoms with Crippen molar-refractivity contribution in [3.63, 3.8) is 0 Å². The quantitative estimate of drug-likeness (QED) is 0.0859. The second-order valence-electron chi connectivity index (χ2n) is 11.0. The number of hydrogen-bond donors (Lipinski definition) is 0. The molecule has 0 N–H and O–H groups in total. The lowest BCUT2D eigenvalue weighted by Gasteiger charge is -2.24. The molecule has 1 rings (SSSR count). The van der Waals surface area contributed by atoms with Gasteiger partial charge in [-0.1, -0.05) is 129 Å². The van der Waals surface area contributed by atoms with E-state index in [-0.39, 0.29) is 11.9 Å². The molecular formula is C31H56O4. The highest BCUT2D eigenvalue weighted by atomic mass is 16.5. The molecule has 4 nitrogen and oxygen atoms in total. The van der Waals surface area contributed by atoms with E-state index in [1.54, 1.807) is 0 Å². The second-order valence-corrected chi connectivity index (χ2v) is 11.0. The van der Waals surface area contributed by atoms with E-state index in [2.05, 4.69) is 20.8 Å². The molecule has 0 aliphatic heterocycles. The van der Waals surface area contributed by atoms with Crippen molar-refractivity contribution in [2.75, 3.05) is 13.2 Å². The Kier molecular flexibility index (Phi) is 19.9. The highest BCUT2D eigenvalue weighted by Gasteiger charge is 2.35. The van der Waals surface area contributed by atoms with Crippen LogP contribution in [0.25, 0.3) is 0 Å². The predicted molar refractivity (Wildman–Crippen MR) is 146 cm³/mol. The Morgan fingerprint density at radius 2 is 1.20 bits per heavy atom. The summed E-state index contributed by atoms with van der Waals surface area (Å²) in [4.78, 5) is 25.3. The van der Waals surface area contributed by atoms with Crippen LogP contribution in [0.15, 0.2) is 12.2 Å². The minimum Gasteiger partial charge on any atom is -0.465 e. The molecule has 0 fully saturated rings. The minimum absolute atomic E-state index is 0.229. The molecule has 0 aromatic rings. The van der Waals surface area contributed by atoms with Gasteiger partial charge in [-0.3, -0.25) is 9.59 Å². The Labute approximate surface area is 217 Å². The van der Waals surface area contributed by atoms with Gasteiger partial charge in [-0.15, -0.1) is 0 Å². The standard InChI is InChI=1S/C31H56O4/c1-4-5-6-7-8-9-10-11-12-13-15-20-25-34-30(32)28-23-18-19-24-29(28)31(33)35-26-21-16-14-17-22-27(2)3/h19,24,27-29H,4-18,20-23,25-26H2,1-3H3. The first-order chi connectivity index (χ1) is 17.1. The molecule has 0 spiro atoms. The molecule has 0 saturated heterocycles. The number of carbonyl (C=O) groups is 2. The minimum atomic E-state index is -0.487. The molecule has 4 heteroatoms. The SMILES string of the molecule is CCCCCCCCCCCCCCOC(=O)C1CCC=CC1C(=O)OCCCCCCC(C)C. The number of unbranched alkanes of at least 4 members (excludes halogenated alkanes) is 14. The van der Waals surface area contributed by atoms with Crippen molar-refractivity contribution in [1.29, 1.82) is 0 Å². The van der Waals surface area contributed by atoms with Gasteiger partial charge in [-0.25, -0.2) is 0 Å². The third-order valence-electron chi connectivity index (χ3n) is 7.16. The number of allylic oxidation sites excluding steroid dienone is 1. The molecule has 35 heavy (non-hydrogen) atoms. The zero-order valence-corrected chi connectivity index (χ0v) is 23.4. The molecule has 204 valence electrons. The summed E-state index contributed by atoms with van der Waals surface area (Å²) in [6.45, 7) is 7.68. The molecule has 1 aliphatic rings. The van der Waals surface area contributed by atoms with E-state index >= 15 is 0 Å². The first kappa shape index (κ1) is 31.7. The summed E-state index contributed by atoms with van der Waals surface area (Å²) < 4.78 is 11.1. The van der Waals surface area contributed by atoms with E-state index in [1.807, 2.05) is 12.2 Å². The molecule has 0 radical (unpaired) electrons. The van der Waals surface area contributed by atoms with E-state index in [9.17, 15) is 9.59 Å². The fourth-order valence-corrected chi connectivity index (χ4v) is 4.84. The summed E-state index contributed by atoms with van der Waals surface area (Å²) in [5.41, 5.74) is 0. The van der Waals surface area contributed by atoms with Crippen molar-refractivity contribution in [2.45, 2.75) is 143 Å². The first-order valence-corrected chi connectivity index (χ1v) is 15.1. The van der Waals surface area contributed by atoms with Crippen LogP contribution in [0.1, 0.15) is 143 Å². The Hall–Kier alpha value is -1.32. The maximum absolute atomic E-state index is 12.7. The molecule has 0 bridgehead atoms. The lowest BCUT2D eigenvalue weighted by molar-refractivity contribution is -0.159. The molecule has 0 amide bonds. The lowest BCUT2D eigenvalue weighted by Crippen LogP contribution is -2.33. The number of rotatable bonds is 22. The van der Waals surface area contributed by atoms with Gasteiger partial charge in [0.1, 0.15) is 0 Å². The van der Waals surface area contributed by atoms with Crippen LogP contribution in [0.4, 0.5) is 0 Å². The number of carbonyl (C=O) groups excluding carboxylic acids is 2. The van der Waals surface area contributed by atoms with E-state index < -0.39 is 11.8 Å². The van der Waals surface area contributed by atoms with Gasteiger partial charge in [0.25, 0.3) is 0 Å². The van der Waals surface area contributed by atoms with Gasteiger partial charge in [0.05, 0.1) is 25.0 Å². The number of esters is 2. The Morgan fingerprint density at radius 3 is 1.74 bits per heavy atom. The van der Waals surface area contributed by atoms with Crippen molar-refractivity contribution in [3.05, 3.63) is 12.2 Å². The van der Waals surface area contributed by atoms with Crippen LogP contribution in [0.3, 0.4) is 0 Å². The second kappa shape index (κ2) is 21.9. The van der Waals surface area contributed by atoms with Gasteiger partial charge in [-0.2, -0.15) is 0 Å². The molecule has 1 aliphatic carbocycles. The van der Waals surface area contributed by atoms with Crippen LogP contribution in [-0.4, -0.2) is 25.2 Å². The largest absolute Gasteiger partial charge is 0.465 e. The Morgan fingerprint density at radius 1 is 0.714 bits per heavy atom. The number of hydrogen-bond acceptors (Lipinski definition) is 4. The average molecular weight is 493 g/mol. The third kappa shape index (κ3) is 16.9. The zero-order chi connectivity index (χ0) is 25.6. The Balaban J connectivity index is 2.09. The van der Waals surface area contributed by atoms with Gasteiger partial charge >= 0.3 is 11.9 Å². The predicted octanol–water partition coefficient (Wildman–Crippen LogP) is 8.96. The van der Waals surface area contributed by atoms with Crippen molar-refractivity contribution in [2.24, 2.45) is 17.8 Å². The fourth-order valence-electron chi connectivity index (χ4n) is 4.84. The van der Waals surface area contributed by atoms with Crippen LogP contribution in [0, 0.1) is 17.8 Å². The smallest absolute Gasteiger partial charge is 0.313 e. The van der Waals surface area contributed by atoms with Gasteiger partial charge in [-0.05, 0) is 31.6 Å². The highest BCUT2D eigenvalue weighted by Crippen LogP contribution is 2.27. The zero-order valence-electron chi connectivity index (χ0n) is 23.4. The molecule has 0 saturated carbocycles. The molecular weight excluding hydrogens is 436 g/mol. The summed E-state index contributed by atoms with van der Waals surface area (Å²) in [5.74, 6) is -0.624. The van der Waals surface area contributed by atoms with E-state index in [0.29, 0.717) is 19.6 Å². The van der Waals surface area contributed by atoms with Gasteiger partial charge < -0.3 is 9.47 Å². The first-order valence-electron chi connectivity index (χ1n) is 15.1. The molecule has 0 aromatic carbocycles. The molecule has 2 atom stereocenters. The maximum atomic E-state index is 12.7. The normalized spacial score (nSPS) is 17.6. The van der Waals surface area contributed by atoms with Crippen LogP contribution in [0.5, 0.6) is 0 Å².